The standard InChI is InChI=1S/C14H14N4O3/c1-15-13-6-5-11(9-16-13)14(19)17-8-10-3-2-4-12(7-10)18(20)21/h2-7,9H,8H2,1H3,(H,15,16)(H,17,19). The zero-order valence-corrected chi connectivity index (χ0v) is 11.4. The topological polar surface area (TPSA) is 97.2 Å². The molecule has 0 saturated carbocycles. The van der Waals surface area contributed by atoms with Gasteiger partial charge in [-0.05, 0) is 17.7 Å². The zero-order chi connectivity index (χ0) is 15.2. The number of nitro benzene ring substituents is 1. The van der Waals surface area contributed by atoms with Gasteiger partial charge in [0.1, 0.15) is 5.82 Å². The highest BCUT2D eigenvalue weighted by Crippen LogP contribution is 2.13. The number of carbonyl (C=O) groups excluding carboxylic acids is 1. The summed E-state index contributed by atoms with van der Waals surface area (Å²) in [5.41, 5.74) is 1.10. The van der Waals surface area contributed by atoms with Crippen LogP contribution in [-0.4, -0.2) is 22.9 Å². The minimum Gasteiger partial charge on any atom is -0.373 e. The fraction of sp³-hybridized carbons (Fsp3) is 0.143. The van der Waals surface area contributed by atoms with Crippen LogP contribution >= 0.6 is 0 Å². The number of hydrogen-bond donors (Lipinski definition) is 2. The minimum atomic E-state index is -0.467. The van der Waals surface area contributed by atoms with Gasteiger partial charge in [0.15, 0.2) is 0 Å². The number of hydrogen-bond acceptors (Lipinski definition) is 5. The van der Waals surface area contributed by atoms with Gasteiger partial charge < -0.3 is 10.6 Å². The fourth-order valence-corrected chi connectivity index (χ4v) is 1.74. The molecule has 0 aliphatic carbocycles. The third-order valence-corrected chi connectivity index (χ3v) is 2.86. The molecule has 0 unspecified atom stereocenters. The van der Waals surface area contributed by atoms with Crippen LogP contribution in [0.15, 0.2) is 42.6 Å². The van der Waals surface area contributed by atoms with Gasteiger partial charge in [0.2, 0.25) is 0 Å². The first kappa shape index (κ1) is 14.4. The van der Waals surface area contributed by atoms with Crippen molar-refractivity contribution in [2.24, 2.45) is 0 Å². The molecule has 0 bridgehead atoms. The van der Waals surface area contributed by atoms with Crippen LogP contribution < -0.4 is 10.6 Å². The van der Waals surface area contributed by atoms with E-state index < -0.39 is 4.92 Å². The van der Waals surface area contributed by atoms with Gasteiger partial charge in [-0.25, -0.2) is 4.98 Å². The summed E-state index contributed by atoms with van der Waals surface area (Å²) in [6.07, 6.45) is 1.47. The molecule has 0 aliphatic rings. The van der Waals surface area contributed by atoms with E-state index >= 15 is 0 Å². The lowest BCUT2D eigenvalue weighted by Gasteiger charge is -2.06. The Morgan fingerprint density at radius 1 is 1.33 bits per heavy atom. The third kappa shape index (κ3) is 3.75. The maximum Gasteiger partial charge on any atom is 0.269 e. The lowest BCUT2D eigenvalue weighted by atomic mass is 10.2. The molecule has 0 atom stereocenters. The van der Waals surface area contributed by atoms with Gasteiger partial charge in [0.05, 0.1) is 10.5 Å². The van der Waals surface area contributed by atoms with Crippen molar-refractivity contribution >= 4 is 17.4 Å². The van der Waals surface area contributed by atoms with E-state index in [0.717, 1.165) is 0 Å². The summed E-state index contributed by atoms with van der Waals surface area (Å²) in [6, 6.07) is 9.50. The Kier molecular flexibility index (Phi) is 4.45. The molecule has 1 aromatic carbocycles. The van der Waals surface area contributed by atoms with Gasteiger partial charge >= 0.3 is 0 Å². The van der Waals surface area contributed by atoms with Crippen LogP contribution in [0, 0.1) is 10.1 Å². The molecule has 0 saturated heterocycles. The minimum absolute atomic E-state index is 0.00166. The molecule has 0 aliphatic heterocycles. The monoisotopic (exact) mass is 286 g/mol. The second-order valence-electron chi connectivity index (χ2n) is 4.29. The maximum atomic E-state index is 11.9. The SMILES string of the molecule is CNc1ccc(C(=O)NCc2cccc([N+](=O)[O-])c2)cn1. The van der Waals surface area contributed by atoms with Crippen LogP contribution in [0.5, 0.6) is 0 Å². The van der Waals surface area contributed by atoms with E-state index in [4.69, 9.17) is 0 Å². The molecular weight excluding hydrogens is 272 g/mol. The molecule has 2 aromatic rings. The van der Waals surface area contributed by atoms with Crippen molar-refractivity contribution in [2.45, 2.75) is 6.54 Å². The highest BCUT2D eigenvalue weighted by molar-refractivity contribution is 5.94. The van der Waals surface area contributed by atoms with Crippen molar-refractivity contribution in [2.75, 3.05) is 12.4 Å². The van der Waals surface area contributed by atoms with Crippen molar-refractivity contribution in [3.63, 3.8) is 0 Å². The maximum absolute atomic E-state index is 11.9. The number of pyridine rings is 1. The average molecular weight is 286 g/mol. The van der Waals surface area contributed by atoms with Crippen LogP contribution in [-0.2, 0) is 6.54 Å². The van der Waals surface area contributed by atoms with Crippen molar-refractivity contribution in [3.8, 4) is 0 Å². The van der Waals surface area contributed by atoms with Crippen LogP contribution in [0.25, 0.3) is 0 Å². The number of rotatable bonds is 5. The number of nitrogens with zero attached hydrogens (tertiary/aromatic N) is 2. The van der Waals surface area contributed by atoms with Gasteiger partial charge in [-0.15, -0.1) is 0 Å². The van der Waals surface area contributed by atoms with E-state index in [0.29, 0.717) is 16.9 Å². The van der Waals surface area contributed by atoms with E-state index in [1.165, 1.54) is 18.3 Å². The molecule has 108 valence electrons. The number of aromatic nitrogens is 1. The van der Waals surface area contributed by atoms with E-state index in [2.05, 4.69) is 15.6 Å². The number of anilines is 1. The van der Waals surface area contributed by atoms with Crippen LogP contribution in [0.1, 0.15) is 15.9 Å². The van der Waals surface area contributed by atoms with E-state index in [1.807, 2.05) is 0 Å². The van der Waals surface area contributed by atoms with Crippen LogP contribution in [0.3, 0.4) is 0 Å². The van der Waals surface area contributed by atoms with Crippen LogP contribution in [0.2, 0.25) is 0 Å². The molecule has 0 spiro atoms. The molecule has 7 heteroatoms. The van der Waals surface area contributed by atoms with Crippen molar-refractivity contribution in [1.82, 2.24) is 10.3 Å². The molecule has 1 aromatic heterocycles. The number of nitrogens with one attached hydrogen (secondary N) is 2. The first-order valence-electron chi connectivity index (χ1n) is 6.25. The molecule has 0 radical (unpaired) electrons. The molecular formula is C14H14N4O3. The predicted octanol–water partition coefficient (Wildman–Crippen LogP) is 1.96. The van der Waals surface area contributed by atoms with Gasteiger partial charge in [0, 0.05) is 31.9 Å². The molecule has 7 nitrogen and oxygen atoms in total. The third-order valence-electron chi connectivity index (χ3n) is 2.86. The second kappa shape index (κ2) is 6.47. The van der Waals surface area contributed by atoms with Gasteiger partial charge in [-0.3, -0.25) is 14.9 Å². The second-order valence-corrected chi connectivity index (χ2v) is 4.29. The first-order chi connectivity index (χ1) is 10.1. The quantitative estimate of drug-likeness (QED) is 0.647. The zero-order valence-electron chi connectivity index (χ0n) is 11.4. The van der Waals surface area contributed by atoms with Crippen molar-refractivity contribution in [1.29, 1.82) is 0 Å². The summed E-state index contributed by atoms with van der Waals surface area (Å²) in [4.78, 5) is 26.2. The van der Waals surface area contributed by atoms with Crippen molar-refractivity contribution in [3.05, 3.63) is 63.8 Å². The van der Waals surface area contributed by atoms with Gasteiger partial charge in [0.25, 0.3) is 11.6 Å². The normalized spacial score (nSPS) is 9.95. The summed E-state index contributed by atoms with van der Waals surface area (Å²) < 4.78 is 0. The molecule has 1 heterocycles. The largest absolute Gasteiger partial charge is 0.373 e. The summed E-state index contributed by atoms with van der Waals surface area (Å²) in [5.74, 6) is 0.391. The van der Waals surface area contributed by atoms with E-state index in [9.17, 15) is 14.9 Å². The number of non-ortho nitro benzene ring substituents is 1. The fourth-order valence-electron chi connectivity index (χ4n) is 1.74. The molecule has 1 amide bonds. The highest BCUT2D eigenvalue weighted by Gasteiger charge is 2.08. The number of nitro groups is 1. The highest BCUT2D eigenvalue weighted by atomic mass is 16.6. The summed E-state index contributed by atoms with van der Waals surface area (Å²) in [7, 11) is 1.74. The average Bonchev–Trinajstić information content (AvgIpc) is 2.53. The number of amides is 1. The van der Waals surface area contributed by atoms with Gasteiger partial charge in [-0.1, -0.05) is 12.1 Å². The van der Waals surface area contributed by atoms with Gasteiger partial charge in [-0.2, -0.15) is 0 Å². The first-order valence-corrected chi connectivity index (χ1v) is 6.25. The predicted molar refractivity (Wildman–Crippen MR) is 78.1 cm³/mol. The van der Waals surface area contributed by atoms with Crippen LogP contribution in [0.4, 0.5) is 11.5 Å². The Bertz CT molecular complexity index is 656. The Morgan fingerprint density at radius 2 is 2.14 bits per heavy atom. The smallest absolute Gasteiger partial charge is 0.269 e. The van der Waals surface area contributed by atoms with Crippen molar-refractivity contribution < 1.29 is 9.72 Å². The summed E-state index contributed by atoms with van der Waals surface area (Å²) >= 11 is 0. The number of carbonyl (C=O) groups is 1. The Hall–Kier alpha value is -2.96. The Balaban J connectivity index is 2.00. The Labute approximate surface area is 121 Å². The summed E-state index contributed by atoms with van der Waals surface area (Å²) in [6.45, 7) is 0.217. The lowest BCUT2D eigenvalue weighted by molar-refractivity contribution is -0.384. The van der Waals surface area contributed by atoms with E-state index in [1.54, 1.807) is 31.3 Å². The lowest BCUT2D eigenvalue weighted by Crippen LogP contribution is -2.23. The molecule has 2 rings (SSSR count). The molecule has 21 heavy (non-hydrogen) atoms. The molecule has 2 N–H and O–H groups in total. The van der Waals surface area contributed by atoms with E-state index in [-0.39, 0.29) is 18.1 Å². The number of benzene rings is 1. The Morgan fingerprint density at radius 3 is 2.76 bits per heavy atom. The summed E-state index contributed by atoms with van der Waals surface area (Å²) in [5, 5.41) is 16.2. The molecule has 0 fully saturated rings.